The predicted octanol–water partition coefficient (Wildman–Crippen LogP) is 5.94. The number of rotatable bonds is 4. The van der Waals surface area contributed by atoms with Crippen LogP contribution in [0.5, 0.6) is 0 Å². The van der Waals surface area contributed by atoms with E-state index in [0.29, 0.717) is 10.8 Å². The van der Waals surface area contributed by atoms with E-state index < -0.39 is 0 Å². The third-order valence-corrected chi connectivity index (χ3v) is 5.73. The summed E-state index contributed by atoms with van der Waals surface area (Å²) in [5.41, 5.74) is 6.66. The number of aromatic amines is 1. The van der Waals surface area contributed by atoms with Gasteiger partial charge in [0.15, 0.2) is 5.69 Å². The van der Waals surface area contributed by atoms with Crippen molar-refractivity contribution in [1.82, 2.24) is 14.8 Å². The summed E-state index contributed by atoms with van der Waals surface area (Å²) in [6.45, 7) is 7.88. The molecule has 0 saturated carbocycles. The Labute approximate surface area is 172 Å². The van der Waals surface area contributed by atoms with Crippen LogP contribution in [0, 0.1) is 27.7 Å². The molecule has 4 aromatic rings. The normalized spacial score (nSPS) is 11.4. The van der Waals surface area contributed by atoms with Crippen molar-refractivity contribution in [3.63, 3.8) is 0 Å². The van der Waals surface area contributed by atoms with Crippen LogP contribution in [0.15, 0.2) is 62.9 Å². The van der Waals surface area contributed by atoms with Crippen molar-refractivity contribution in [1.29, 1.82) is 0 Å². The zero-order valence-corrected chi connectivity index (χ0v) is 17.5. The van der Waals surface area contributed by atoms with Gasteiger partial charge in [-0.3, -0.25) is 9.89 Å². The van der Waals surface area contributed by atoms with Gasteiger partial charge in [0.25, 0.3) is 0 Å². The van der Waals surface area contributed by atoms with Crippen molar-refractivity contribution < 1.29 is 0 Å². The van der Waals surface area contributed by atoms with Crippen molar-refractivity contribution in [2.45, 2.75) is 27.7 Å². The molecule has 29 heavy (non-hydrogen) atoms. The van der Waals surface area contributed by atoms with Crippen molar-refractivity contribution in [2.24, 2.45) is 10.2 Å². The number of thiazole rings is 1. The summed E-state index contributed by atoms with van der Waals surface area (Å²) in [5, 5.41) is 14.1. The second kappa shape index (κ2) is 7.60. The standard InChI is InChI=1S/C22H21N5OS/c1-13-8-10-17(11-9-13)19-12-29-22(23-19)27-21(28)20(16(4)26-27)25-24-18-7-5-6-14(2)15(18)3/h5-12,26H,1-4H3. The van der Waals surface area contributed by atoms with Gasteiger partial charge in [-0.15, -0.1) is 16.5 Å². The fourth-order valence-corrected chi connectivity index (χ4v) is 3.75. The third-order valence-electron chi connectivity index (χ3n) is 4.90. The van der Waals surface area contributed by atoms with E-state index in [4.69, 9.17) is 0 Å². The molecule has 6 nitrogen and oxygen atoms in total. The van der Waals surface area contributed by atoms with Crippen LogP contribution in [0.1, 0.15) is 22.4 Å². The Morgan fingerprint density at radius 2 is 1.76 bits per heavy atom. The van der Waals surface area contributed by atoms with Crippen molar-refractivity contribution in [3.8, 4) is 16.4 Å². The lowest BCUT2D eigenvalue weighted by atomic mass is 10.1. The van der Waals surface area contributed by atoms with Gasteiger partial charge in [0.1, 0.15) is 0 Å². The molecule has 0 aliphatic rings. The molecule has 0 spiro atoms. The number of aryl methyl sites for hydroxylation is 3. The molecule has 4 rings (SSSR count). The summed E-state index contributed by atoms with van der Waals surface area (Å²) in [6, 6.07) is 14.0. The summed E-state index contributed by atoms with van der Waals surface area (Å²) in [7, 11) is 0. The lowest BCUT2D eigenvalue weighted by Gasteiger charge is -2.01. The predicted molar refractivity (Wildman–Crippen MR) is 117 cm³/mol. The van der Waals surface area contributed by atoms with E-state index in [2.05, 4.69) is 20.3 Å². The topological polar surface area (TPSA) is 75.4 Å². The lowest BCUT2D eigenvalue weighted by Crippen LogP contribution is -2.13. The Kier molecular flexibility index (Phi) is 4.98. The van der Waals surface area contributed by atoms with E-state index in [0.717, 1.165) is 28.1 Å². The van der Waals surface area contributed by atoms with Crippen LogP contribution in [-0.4, -0.2) is 14.8 Å². The third kappa shape index (κ3) is 3.69. The molecule has 2 aromatic heterocycles. The summed E-state index contributed by atoms with van der Waals surface area (Å²) in [4.78, 5) is 17.5. The molecular formula is C22H21N5OS. The van der Waals surface area contributed by atoms with Crippen molar-refractivity contribution in [3.05, 3.63) is 80.6 Å². The molecule has 2 aromatic carbocycles. The first-order valence-electron chi connectivity index (χ1n) is 9.26. The number of nitrogens with one attached hydrogen (secondary N) is 1. The molecule has 7 heteroatoms. The number of aromatic nitrogens is 3. The molecule has 0 aliphatic carbocycles. The number of hydrogen-bond acceptors (Lipinski definition) is 5. The molecule has 146 valence electrons. The van der Waals surface area contributed by atoms with Crippen LogP contribution in [0.3, 0.4) is 0 Å². The van der Waals surface area contributed by atoms with E-state index >= 15 is 0 Å². The molecule has 0 atom stereocenters. The molecule has 0 fully saturated rings. The highest BCUT2D eigenvalue weighted by Crippen LogP contribution is 2.26. The van der Waals surface area contributed by atoms with Gasteiger partial charge in [-0.05, 0) is 44.9 Å². The van der Waals surface area contributed by atoms with Gasteiger partial charge < -0.3 is 0 Å². The molecule has 2 heterocycles. The van der Waals surface area contributed by atoms with E-state index in [-0.39, 0.29) is 11.2 Å². The number of azo groups is 1. The number of H-pyrrole nitrogens is 1. The SMILES string of the molecule is Cc1ccc(-c2csc(-n3[nH]c(C)c(N=Nc4cccc(C)c4C)c3=O)n2)cc1. The second-order valence-electron chi connectivity index (χ2n) is 7.03. The first kappa shape index (κ1) is 19.0. The van der Waals surface area contributed by atoms with E-state index in [1.54, 1.807) is 0 Å². The van der Waals surface area contributed by atoms with Gasteiger partial charge >= 0.3 is 5.56 Å². The van der Waals surface area contributed by atoms with E-state index in [9.17, 15) is 4.79 Å². The van der Waals surface area contributed by atoms with Crippen LogP contribution < -0.4 is 5.56 Å². The molecule has 0 aliphatic heterocycles. The minimum absolute atomic E-state index is 0.263. The molecule has 0 radical (unpaired) electrons. The van der Waals surface area contributed by atoms with Gasteiger partial charge in [0, 0.05) is 10.9 Å². The Morgan fingerprint density at radius 1 is 1.00 bits per heavy atom. The van der Waals surface area contributed by atoms with E-state index in [1.807, 2.05) is 75.5 Å². The van der Waals surface area contributed by atoms with Crippen LogP contribution in [0.2, 0.25) is 0 Å². The largest absolute Gasteiger partial charge is 0.301 e. The minimum Gasteiger partial charge on any atom is -0.291 e. The van der Waals surface area contributed by atoms with Crippen LogP contribution >= 0.6 is 11.3 Å². The average Bonchev–Trinajstić information content (AvgIpc) is 3.29. The smallest absolute Gasteiger partial charge is 0.291 e. The zero-order chi connectivity index (χ0) is 20.5. The van der Waals surface area contributed by atoms with Gasteiger partial charge in [-0.2, -0.15) is 9.80 Å². The molecule has 1 N–H and O–H groups in total. The lowest BCUT2D eigenvalue weighted by molar-refractivity contribution is 0.827. The summed E-state index contributed by atoms with van der Waals surface area (Å²) in [6.07, 6.45) is 0. The quantitative estimate of drug-likeness (QED) is 0.428. The number of nitrogens with zero attached hydrogens (tertiary/aromatic N) is 4. The molecular weight excluding hydrogens is 382 g/mol. The summed E-state index contributed by atoms with van der Waals surface area (Å²) in [5.74, 6) is 0. The molecule has 0 saturated heterocycles. The monoisotopic (exact) mass is 403 g/mol. The Hall–Kier alpha value is -3.32. The maximum Gasteiger partial charge on any atom is 0.301 e. The number of benzene rings is 2. The maximum absolute atomic E-state index is 12.9. The van der Waals surface area contributed by atoms with Crippen LogP contribution in [0.25, 0.3) is 16.4 Å². The first-order chi connectivity index (χ1) is 13.9. The highest BCUT2D eigenvalue weighted by Gasteiger charge is 2.15. The van der Waals surface area contributed by atoms with Gasteiger partial charge in [-0.25, -0.2) is 4.98 Å². The molecule has 0 amide bonds. The average molecular weight is 404 g/mol. The summed E-state index contributed by atoms with van der Waals surface area (Å²) >= 11 is 1.41. The molecule has 0 unspecified atom stereocenters. The fraction of sp³-hybridized carbons (Fsp3) is 0.182. The highest BCUT2D eigenvalue weighted by molar-refractivity contribution is 7.12. The minimum atomic E-state index is -0.263. The maximum atomic E-state index is 12.9. The van der Waals surface area contributed by atoms with Gasteiger partial charge in [0.2, 0.25) is 5.13 Å². The zero-order valence-electron chi connectivity index (χ0n) is 16.7. The highest BCUT2D eigenvalue weighted by atomic mass is 32.1. The Bertz CT molecular complexity index is 1260. The van der Waals surface area contributed by atoms with Crippen molar-refractivity contribution in [2.75, 3.05) is 0 Å². The Morgan fingerprint density at radius 3 is 2.52 bits per heavy atom. The van der Waals surface area contributed by atoms with E-state index in [1.165, 1.54) is 21.6 Å². The van der Waals surface area contributed by atoms with Gasteiger partial charge in [-0.1, -0.05) is 42.0 Å². The van der Waals surface area contributed by atoms with Gasteiger partial charge in [0.05, 0.1) is 17.1 Å². The van der Waals surface area contributed by atoms with Crippen molar-refractivity contribution >= 4 is 22.7 Å². The first-order valence-corrected chi connectivity index (χ1v) is 10.1. The fourth-order valence-electron chi connectivity index (χ4n) is 2.96. The summed E-state index contributed by atoms with van der Waals surface area (Å²) < 4.78 is 1.43. The molecule has 0 bridgehead atoms. The Balaban J connectivity index is 1.67. The second-order valence-corrected chi connectivity index (χ2v) is 7.86. The number of hydrogen-bond donors (Lipinski definition) is 1. The van der Waals surface area contributed by atoms with Crippen LogP contribution in [-0.2, 0) is 0 Å². The van der Waals surface area contributed by atoms with Crippen LogP contribution in [0.4, 0.5) is 11.4 Å².